The van der Waals surface area contributed by atoms with E-state index in [-0.39, 0.29) is 5.82 Å². The van der Waals surface area contributed by atoms with Crippen molar-refractivity contribution in [3.05, 3.63) is 58.4 Å². The molecule has 110 valence electrons. The highest BCUT2D eigenvalue weighted by Crippen LogP contribution is 2.29. The van der Waals surface area contributed by atoms with Crippen molar-refractivity contribution in [2.75, 3.05) is 0 Å². The lowest BCUT2D eigenvalue weighted by Crippen LogP contribution is -2.15. The molecule has 1 aliphatic carbocycles. The fourth-order valence-corrected chi connectivity index (χ4v) is 2.37. The number of hydrogen-bond acceptors (Lipinski definition) is 2. The van der Waals surface area contributed by atoms with Gasteiger partial charge in [-0.2, -0.15) is 0 Å². The Morgan fingerprint density at radius 1 is 1.24 bits per heavy atom. The maximum absolute atomic E-state index is 13.1. The molecule has 4 heteroatoms. The van der Waals surface area contributed by atoms with E-state index in [1.165, 1.54) is 25.0 Å². The molecule has 0 aromatic heterocycles. The molecule has 0 heterocycles. The molecule has 2 nitrogen and oxygen atoms in total. The maximum atomic E-state index is 13.1. The van der Waals surface area contributed by atoms with Crippen LogP contribution in [0.4, 0.5) is 4.39 Å². The minimum atomic E-state index is -0.264. The Morgan fingerprint density at radius 2 is 2.05 bits per heavy atom. The van der Waals surface area contributed by atoms with Gasteiger partial charge in [-0.3, -0.25) is 0 Å². The molecule has 1 saturated carbocycles. The maximum Gasteiger partial charge on any atom is 0.130 e. The van der Waals surface area contributed by atoms with Gasteiger partial charge in [-0.25, -0.2) is 4.39 Å². The summed E-state index contributed by atoms with van der Waals surface area (Å²) in [4.78, 5) is 0. The standard InChI is InChI=1S/C17H17ClFNO/c1-11-8-13(19)3-7-17(11)21-15-6-2-12(16(18)9-15)10-20-14-4-5-14/h2-3,6-9,14,20H,4-5,10H2,1H3. The highest BCUT2D eigenvalue weighted by Gasteiger charge is 2.20. The lowest BCUT2D eigenvalue weighted by molar-refractivity contribution is 0.476. The van der Waals surface area contributed by atoms with E-state index in [9.17, 15) is 4.39 Å². The smallest absolute Gasteiger partial charge is 0.130 e. The van der Waals surface area contributed by atoms with Crippen molar-refractivity contribution in [3.8, 4) is 11.5 Å². The van der Waals surface area contributed by atoms with Crippen molar-refractivity contribution < 1.29 is 9.13 Å². The van der Waals surface area contributed by atoms with E-state index >= 15 is 0 Å². The van der Waals surface area contributed by atoms with Gasteiger partial charge in [0.2, 0.25) is 0 Å². The van der Waals surface area contributed by atoms with E-state index in [2.05, 4.69) is 5.32 Å². The van der Waals surface area contributed by atoms with E-state index in [0.717, 1.165) is 17.7 Å². The van der Waals surface area contributed by atoms with Crippen LogP contribution < -0.4 is 10.1 Å². The predicted molar refractivity (Wildman–Crippen MR) is 82.5 cm³/mol. The van der Waals surface area contributed by atoms with Crippen molar-refractivity contribution in [3.63, 3.8) is 0 Å². The van der Waals surface area contributed by atoms with Crippen LogP contribution in [0.1, 0.15) is 24.0 Å². The topological polar surface area (TPSA) is 21.3 Å². The Bertz CT molecular complexity index is 655. The van der Waals surface area contributed by atoms with Crippen LogP contribution in [0.5, 0.6) is 11.5 Å². The molecule has 1 fully saturated rings. The summed E-state index contributed by atoms with van der Waals surface area (Å²) in [6.07, 6.45) is 2.51. The molecule has 2 aromatic carbocycles. The van der Waals surface area contributed by atoms with Crippen LogP contribution in [0, 0.1) is 12.7 Å². The molecule has 0 bridgehead atoms. The number of rotatable bonds is 5. The number of benzene rings is 2. The Hall–Kier alpha value is -1.58. The number of ether oxygens (including phenoxy) is 1. The molecule has 0 spiro atoms. The molecule has 3 rings (SSSR count). The minimum Gasteiger partial charge on any atom is -0.457 e. The first-order valence-corrected chi connectivity index (χ1v) is 7.45. The third-order valence-corrected chi connectivity index (χ3v) is 3.90. The third-order valence-electron chi connectivity index (χ3n) is 3.55. The molecule has 0 aliphatic heterocycles. The summed E-state index contributed by atoms with van der Waals surface area (Å²) in [7, 11) is 0. The zero-order chi connectivity index (χ0) is 14.8. The molecule has 0 amide bonds. The average Bonchev–Trinajstić information content (AvgIpc) is 3.25. The van der Waals surface area contributed by atoms with E-state index < -0.39 is 0 Å². The van der Waals surface area contributed by atoms with Crippen molar-refractivity contribution >= 4 is 11.6 Å². The average molecular weight is 306 g/mol. The summed E-state index contributed by atoms with van der Waals surface area (Å²) in [6.45, 7) is 2.59. The largest absolute Gasteiger partial charge is 0.457 e. The van der Waals surface area contributed by atoms with Crippen LogP contribution in [0.15, 0.2) is 36.4 Å². The van der Waals surface area contributed by atoms with Crippen LogP contribution in [-0.4, -0.2) is 6.04 Å². The highest BCUT2D eigenvalue weighted by molar-refractivity contribution is 6.31. The molecule has 1 aliphatic rings. The number of hydrogen-bond donors (Lipinski definition) is 1. The Kier molecular flexibility index (Phi) is 4.13. The normalized spacial score (nSPS) is 14.2. The van der Waals surface area contributed by atoms with Gasteiger partial charge in [-0.05, 0) is 61.2 Å². The van der Waals surface area contributed by atoms with Gasteiger partial charge < -0.3 is 10.1 Å². The molecule has 1 N–H and O–H groups in total. The summed E-state index contributed by atoms with van der Waals surface area (Å²) in [5.41, 5.74) is 1.82. The summed E-state index contributed by atoms with van der Waals surface area (Å²) in [5.74, 6) is 1.03. The zero-order valence-electron chi connectivity index (χ0n) is 11.8. The lowest BCUT2D eigenvalue weighted by atomic mass is 10.2. The first kappa shape index (κ1) is 14.4. The Balaban J connectivity index is 1.71. The van der Waals surface area contributed by atoms with Gasteiger partial charge >= 0.3 is 0 Å². The van der Waals surface area contributed by atoms with Gasteiger partial charge in [0.05, 0.1) is 0 Å². The van der Waals surface area contributed by atoms with Gasteiger partial charge in [-0.15, -0.1) is 0 Å². The fourth-order valence-electron chi connectivity index (χ4n) is 2.13. The summed E-state index contributed by atoms with van der Waals surface area (Å²) >= 11 is 6.28. The summed E-state index contributed by atoms with van der Waals surface area (Å²) in [5, 5.41) is 4.11. The van der Waals surface area contributed by atoms with Gasteiger partial charge in [0.1, 0.15) is 17.3 Å². The van der Waals surface area contributed by atoms with Crippen LogP contribution in [0.3, 0.4) is 0 Å². The molecule has 0 unspecified atom stereocenters. The van der Waals surface area contributed by atoms with Gasteiger partial charge in [0.15, 0.2) is 0 Å². The molecule has 2 aromatic rings. The summed E-state index contributed by atoms with van der Waals surface area (Å²) in [6, 6.07) is 10.8. The van der Waals surface area contributed by atoms with E-state index in [1.807, 2.05) is 19.1 Å². The van der Waals surface area contributed by atoms with Crippen molar-refractivity contribution in [1.82, 2.24) is 5.32 Å². The first-order valence-electron chi connectivity index (χ1n) is 7.07. The quantitative estimate of drug-likeness (QED) is 0.854. The Labute approximate surface area is 128 Å². The van der Waals surface area contributed by atoms with Gasteiger partial charge in [-0.1, -0.05) is 17.7 Å². The van der Waals surface area contributed by atoms with Crippen molar-refractivity contribution in [1.29, 1.82) is 0 Å². The monoisotopic (exact) mass is 305 g/mol. The van der Waals surface area contributed by atoms with Gasteiger partial charge in [0, 0.05) is 17.6 Å². The second-order valence-corrected chi connectivity index (χ2v) is 5.83. The Morgan fingerprint density at radius 3 is 2.71 bits per heavy atom. The minimum absolute atomic E-state index is 0.264. The molecular formula is C17H17ClFNO. The first-order chi connectivity index (χ1) is 10.1. The van der Waals surface area contributed by atoms with E-state index in [0.29, 0.717) is 22.6 Å². The molecule has 0 saturated heterocycles. The van der Waals surface area contributed by atoms with Crippen molar-refractivity contribution in [2.45, 2.75) is 32.4 Å². The zero-order valence-corrected chi connectivity index (χ0v) is 12.6. The van der Waals surface area contributed by atoms with Crippen LogP contribution in [0.2, 0.25) is 5.02 Å². The predicted octanol–water partition coefficient (Wildman–Crippen LogP) is 4.83. The third kappa shape index (κ3) is 3.74. The van der Waals surface area contributed by atoms with E-state index in [4.69, 9.17) is 16.3 Å². The van der Waals surface area contributed by atoms with Crippen LogP contribution in [-0.2, 0) is 6.54 Å². The van der Waals surface area contributed by atoms with Crippen molar-refractivity contribution in [2.24, 2.45) is 0 Å². The van der Waals surface area contributed by atoms with Gasteiger partial charge in [0.25, 0.3) is 0 Å². The molecule has 0 atom stereocenters. The molecule has 0 radical (unpaired) electrons. The van der Waals surface area contributed by atoms with Crippen LogP contribution >= 0.6 is 11.6 Å². The highest BCUT2D eigenvalue weighted by atomic mass is 35.5. The second kappa shape index (κ2) is 6.04. The lowest BCUT2D eigenvalue weighted by Gasteiger charge is -2.11. The number of halogens is 2. The fraction of sp³-hybridized carbons (Fsp3) is 0.294. The summed E-state index contributed by atoms with van der Waals surface area (Å²) < 4.78 is 18.8. The molecular weight excluding hydrogens is 289 g/mol. The number of aryl methyl sites for hydroxylation is 1. The SMILES string of the molecule is Cc1cc(F)ccc1Oc1ccc(CNC2CC2)c(Cl)c1. The second-order valence-electron chi connectivity index (χ2n) is 5.42. The van der Waals surface area contributed by atoms with Crippen LogP contribution in [0.25, 0.3) is 0 Å². The molecule has 21 heavy (non-hydrogen) atoms. The van der Waals surface area contributed by atoms with E-state index in [1.54, 1.807) is 12.1 Å². The number of nitrogens with one attached hydrogen (secondary N) is 1.